The van der Waals surface area contributed by atoms with Crippen LogP contribution < -0.4 is 5.32 Å². The Kier molecular flexibility index (Phi) is 5.21. The molecule has 1 amide bonds. The summed E-state index contributed by atoms with van der Waals surface area (Å²) in [7, 11) is 0. The summed E-state index contributed by atoms with van der Waals surface area (Å²) in [5, 5.41) is 11.6. The standard InChI is InChI=1S/C15H15FN2O3S/c1-2-11-14(9-3-5-10(16)6-4-9)18-15(22-11)17-12(19)7-8-13(20)21/h3-6H,2,7-8H2,1H3,(H,20,21)(H,17,18,19). The van der Waals surface area contributed by atoms with E-state index in [1.807, 2.05) is 6.92 Å². The van der Waals surface area contributed by atoms with Crippen molar-refractivity contribution in [2.24, 2.45) is 0 Å². The van der Waals surface area contributed by atoms with E-state index in [2.05, 4.69) is 10.3 Å². The number of hydrogen-bond acceptors (Lipinski definition) is 4. The quantitative estimate of drug-likeness (QED) is 0.855. The van der Waals surface area contributed by atoms with Crippen LogP contribution in [0.25, 0.3) is 11.3 Å². The van der Waals surface area contributed by atoms with Crippen LogP contribution in [0, 0.1) is 5.82 Å². The molecule has 116 valence electrons. The number of aliphatic carboxylic acids is 1. The lowest BCUT2D eigenvalue weighted by molar-refractivity contribution is -0.138. The Morgan fingerprint density at radius 2 is 1.95 bits per heavy atom. The number of nitrogens with zero attached hydrogens (tertiary/aromatic N) is 1. The molecular weight excluding hydrogens is 307 g/mol. The second-order valence-corrected chi connectivity index (χ2v) is 5.68. The van der Waals surface area contributed by atoms with E-state index in [-0.39, 0.29) is 24.6 Å². The lowest BCUT2D eigenvalue weighted by atomic mass is 10.1. The van der Waals surface area contributed by atoms with Crippen LogP contribution in [0.1, 0.15) is 24.6 Å². The van der Waals surface area contributed by atoms with Gasteiger partial charge in [-0.05, 0) is 30.7 Å². The average molecular weight is 322 g/mol. The van der Waals surface area contributed by atoms with Gasteiger partial charge in [0.25, 0.3) is 0 Å². The lowest BCUT2D eigenvalue weighted by Gasteiger charge is -2.00. The molecule has 1 aromatic heterocycles. The fourth-order valence-electron chi connectivity index (χ4n) is 1.88. The molecule has 0 fully saturated rings. The van der Waals surface area contributed by atoms with Gasteiger partial charge in [-0.1, -0.05) is 6.92 Å². The van der Waals surface area contributed by atoms with Gasteiger partial charge in [0, 0.05) is 16.9 Å². The predicted molar refractivity (Wildman–Crippen MR) is 82.4 cm³/mol. The highest BCUT2D eigenvalue weighted by atomic mass is 32.1. The minimum absolute atomic E-state index is 0.0950. The zero-order chi connectivity index (χ0) is 16.1. The largest absolute Gasteiger partial charge is 0.481 e. The van der Waals surface area contributed by atoms with Crippen molar-refractivity contribution in [3.63, 3.8) is 0 Å². The molecule has 2 N–H and O–H groups in total. The molecule has 0 aliphatic heterocycles. The van der Waals surface area contributed by atoms with Crippen LogP contribution in [0.4, 0.5) is 9.52 Å². The van der Waals surface area contributed by atoms with Gasteiger partial charge in [0.05, 0.1) is 12.1 Å². The van der Waals surface area contributed by atoms with Gasteiger partial charge in [-0.25, -0.2) is 9.37 Å². The molecule has 0 aliphatic rings. The zero-order valence-corrected chi connectivity index (χ0v) is 12.7. The van der Waals surface area contributed by atoms with Crippen molar-refractivity contribution in [2.45, 2.75) is 26.2 Å². The fourth-order valence-corrected chi connectivity index (χ4v) is 2.82. The molecule has 0 radical (unpaired) electrons. The molecule has 0 spiro atoms. The van der Waals surface area contributed by atoms with E-state index < -0.39 is 5.97 Å². The third-order valence-electron chi connectivity index (χ3n) is 2.95. The van der Waals surface area contributed by atoms with Crippen molar-refractivity contribution in [1.29, 1.82) is 0 Å². The summed E-state index contributed by atoms with van der Waals surface area (Å²) in [5.74, 6) is -1.72. The third-order valence-corrected chi connectivity index (χ3v) is 4.06. The molecule has 0 saturated carbocycles. The van der Waals surface area contributed by atoms with Crippen molar-refractivity contribution >= 4 is 28.3 Å². The molecule has 1 heterocycles. The molecular formula is C15H15FN2O3S. The number of aromatic nitrogens is 1. The van der Waals surface area contributed by atoms with Crippen molar-refractivity contribution in [1.82, 2.24) is 4.98 Å². The first kappa shape index (κ1) is 16.1. The van der Waals surface area contributed by atoms with Crippen LogP contribution in [0.2, 0.25) is 0 Å². The number of halogens is 1. The highest BCUT2D eigenvalue weighted by Crippen LogP contribution is 2.31. The maximum absolute atomic E-state index is 13.0. The van der Waals surface area contributed by atoms with Gasteiger partial charge in [-0.2, -0.15) is 0 Å². The molecule has 0 saturated heterocycles. The molecule has 22 heavy (non-hydrogen) atoms. The van der Waals surface area contributed by atoms with Crippen LogP contribution >= 0.6 is 11.3 Å². The van der Waals surface area contributed by atoms with Crippen molar-refractivity contribution in [3.05, 3.63) is 35.0 Å². The number of carboxylic acid groups (broad SMARTS) is 1. The second kappa shape index (κ2) is 7.13. The van der Waals surface area contributed by atoms with Gasteiger partial charge < -0.3 is 10.4 Å². The first-order chi connectivity index (χ1) is 10.5. The Morgan fingerprint density at radius 3 is 2.55 bits per heavy atom. The molecule has 7 heteroatoms. The number of nitrogens with one attached hydrogen (secondary N) is 1. The SMILES string of the molecule is CCc1sc(NC(=O)CCC(=O)O)nc1-c1ccc(F)cc1. The summed E-state index contributed by atoms with van der Waals surface area (Å²) >= 11 is 1.34. The molecule has 1 aromatic carbocycles. The molecule has 2 rings (SSSR count). The number of carbonyl (C=O) groups is 2. The van der Waals surface area contributed by atoms with Crippen molar-refractivity contribution < 1.29 is 19.1 Å². The number of thiazole rings is 1. The fraction of sp³-hybridized carbons (Fsp3) is 0.267. The second-order valence-electron chi connectivity index (χ2n) is 4.59. The minimum Gasteiger partial charge on any atom is -0.481 e. The van der Waals surface area contributed by atoms with Gasteiger partial charge in [-0.3, -0.25) is 9.59 Å². The third kappa shape index (κ3) is 4.11. The molecule has 0 aliphatic carbocycles. The topological polar surface area (TPSA) is 79.3 Å². The summed E-state index contributed by atoms with van der Waals surface area (Å²) in [5.41, 5.74) is 1.49. The van der Waals surface area contributed by atoms with E-state index in [9.17, 15) is 14.0 Å². The Bertz CT molecular complexity index is 683. The van der Waals surface area contributed by atoms with Gasteiger partial charge in [0.1, 0.15) is 5.82 Å². The maximum atomic E-state index is 13.0. The Hall–Kier alpha value is -2.28. The number of hydrogen-bond donors (Lipinski definition) is 2. The highest BCUT2D eigenvalue weighted by molar-refractivity contribution is 7.16. The molecule has 0 bridgehead atoms. The smallest absolute Gasteiger partial charge is 0.303 e. The van der Waals surface area contributed by atoms with E-state index in [0.717, 1.165) is 16.9 Å². The van der Waals surface area contributed by atoms with Crippen LogP contribution in [-0.4, -0.2) is 22.0 Å². The first-order valence-electron chi connectivity index (χ1n) is 6.77. The number of rotatable bonds is 6. The molecule has 2 aromatic rings. The Labute approximate surface area is 130 Å². The van der Waals surface area contributed by atoms with Crippen LogP contribution in [0.5, 0.6) is 0 Å². The number of benzene rings is 1. The lowest BCUT2D eigenvalue weighted by Crippen LogP contribution is -2.12. The van der Waals surface area contributed by atoms with Crippen LogP contribution in [-0.2, 0) is 16.0 Å². The van der Waals surface area contributed by atoms with Crippen LogP contribution in [0.15, 0.2) is 24.3 Å². The van der Waals surface area contributed by atoms with E-state index in [4.69, 9.17) is 5.11 Å². The van der Waals surface area contributed by atoms with Gasteiger partial charge in [0.15, 0.2) is 5.13 Å². The molecule has 0 atom stereocenters. The number of anilines is 1. The predicted octanol–water partition coefficient (Wildman–Crippen LogP) is 3.31. The highest BCUT2D eigenvalue weighted by Gasteiger charge is 2.14. The van der Waals surface area contributed by atoms with Crippen molar-refractivity contribution in [2.75, 3.05) is 5.32 Å². The summed E-state index contributed by atoms with van der Waals surface area (Å²) in [4.78, 5) is 27.4. The van der Waals surface area contributed by atoms with Gasteiger partial charge in [-0.15, -0.1) is 11.3 Å². The number of aryl methyl sites for hydroxylation is 1. The monoisotopic (exact) mass is 322 g/mol. The summed E-state index contributed by atoms with van der Waals surface area (Å²) in [6, 6.07) is 6.00. The van der Waals surface area contributed by atoms with Crippen LogP contribution in [0.3, 0.4) is 0 Å². The van der Waals surface area contributed by atoms with E-state index >= 15 is 0 Å². The maximum Gasteiger partial charge on any atom is 0.303 e. The van der Waals surface area contributed by atoms with E-state index in [0.29, 0.717) is 10.8 Å². The van der Waals surface area contributed by atoms with Gasteiger partial charge in [0.2, 0.25) is 5.91 Å². The number of amides is 1. The average Bonchev–Trinajstić information content (AvgIpc) is 2.88. The van der Waals surface area contributed by atoms with E-state index in [1.165, 1.54) is 23.5 Å². The summed E-state index contributed by atoms with van der Waals surface area (Å²) in [6.45, 7) is 1.97. The molecule has 5 nitrogen and oxygen atoms in total. The first-order valence-corrected chi connectivity index (χ1v) is 7.58. The van der Waals surface area contributed by atoms with Gasteiger partial charge >= 0.3 is 5.97 Å². The zero-order valence-electron chi connectivity index (χ0n) is 11.9. The number of carbonyl (C=O) groups excluding carboxylic acids is 1. The summed E-state index contributed by atoms with van der Waals surface area (Å²) in [6.07, 6.45) is 0.417. The summed E-state index contributed by atoms with van der Waals surface area (Å²) < 4.78 is 13.0. The van der Waals surface area contributed by atoms with E-state index in [1.54, 1.807) is 12.1 Å². The number of carboxylic acids is 1. The Balaban J connectivity index is 2.16. The Morgan fingerprint density at radius 1 is 1.27 bits per heavy atom. The molecule has 0 unspecified atom stereocenters. The normalized spacial score (nSPS) is 10.5. The van der Waals surface area contributed by atoms with Crippen molar-refractivity contribution in [3.8, 4) is 11.3 Å². The minimum atomic E-state index is -1.02.